The summed E-state index contributed by atoms with van der Waals surface area (Å²) in [4.78, 5) is 11.8. The second-order valence-corrected chi connectivity index (χ2v) is 6.40. The van der Waals surface area contributed by atoms with E-state index in [4.69, 9.17) is 0 Å². The number of aliphatic hydroxyl groups is 1. The van der Waals surface area contributed by atoms with Gasteiger partial charge in [0.1, 0.15) is 5.75 Å². The van der Waals surface area contributed by atoms with Gasteiger partial charge in [-0.05, 0) is 12.1 Å². The van der Waals surface area contributed by atoms with E-state index in [1.54, 1.807) is 12.1 Å². The van der Waals surface area contributed by atoms with Gasteiger partial charge in [-0.1, -0.05) is 12.1 Å². The molecular weight excluding hydrogens is 258 g/mol. The number of phenolic OH excluding ortho intramolecular Hbond substituents is 1. The predicted molar refractivity (Wildman–Crippen MR) is 64.0 cm³/mol. The van der Waals surface area contributed by atoms with Crippen molar-refractivity contribution < 1.29 is 23.4 Å². The number of sulfone groups is 1. The zero-order valence-corrected chi connectivity index (χ0v) is 10.2. The molecule has 2 rings (SSSR count). The van der Waals surface area contributed by atoms with Crippen LogP contribution in [0.3, 0.4) is 0 Å². The first-order valence-corrected chi connectivity index (χ1v) is 7.18. The zero-order valence-electron chi connectivity index (χ0n) is 9.41. The average molecular weight is 271 g/mol. The Labute approximate surface area is 104 Å². The fourth-order valence-electron chi connectivity index (χ4n) is 1.88. The molecule has 2 unspecified atom stereocenters. The predicted octanol–water partition coefficient (Wildman–Crippen LogP) is -0.720. The summed E-state index contributed by atoms with van der Waals surface area (Å²) in [6.45, 7) is 0. The maximum absolute atomic E-state index is 11.8. The lowest BCUT2D eigenvalue weighted by Crippen LogP contribution is -2.42. The molecule has 2 atom stereocenters. The third kappa shape index (κ3) is 2.62. The van der Waals surface area contributed by atoms with Crippen LogP contribution in [0.15, 0.2) is 24.3 Å². The van der Waals surface area contributed by atoms with Crippen LogP contribution in [0.25, 0.3) is 0 Å². The second-order valence-electron chi connectivity index (χ2n) is 4.24. The molecule has 6 nitrogen and oxygen atoms in total. The first-order valence-electron chi connectivity index (χ1n) is 5.36. The largest absolute Gasteiger partial charge is 0.507 e. The molecular formula is C11H13NO5S. The highest BCUT2D eigenvalue weighted by Gasteiger charge is 2.37. The molecule has 1 aliphatic rings. The van der Waals surface area contributed by atoms with Crippen LogP contribution in [0, 0.1) is 0 Å². The third-order valence-electron chi connectivity index (χ3n) is 2.79. The summed E-state index contributed by atoms with van der Waals surface area (Å²) in [6.07, 6.45) is -1.11. The summed E-state index contributed by atoms with van der Waals surface area (Å²) in [7, 11) is -3.31. The Balaban J connectivity index is 2.12. The van der Waals surface area contributed by atoms with Gasteiger partial charge in [-0.3, -0.25) is 4.79 Å². The van der Waals surface area contributed by atoms with Crippen LogP contribution < -0.4 is 5.32 Å². The van der Waals surface area contributed by atoms with Crippen LogP contribution in [0.2, 0.25) is 0 Å². The number of benzene rings is 1. The number of amides is 1. The molecule has 1 heterocycles. The molecule has 0 radical (unpaired) electrons. The molecule has 1 aliphatic heterocycles. The van der Waals surface area contributed by atoms with Gasteiger partial charge in [-0.2, -0.15) is 0 Å². The first-order chi connectivity index (χ1) is 8.39. The number of rotatable bonds is 2. The molecule has 18 heavy (non-hydrogen) atoms. The van der Waals surface area contributed by atoms with Gasteiger partial charge in [-0.15, -0.1) is 0 Å². The van der Waals surface area contributed by atoms with E-state index in [2.05, 4.69) is 5.32 Å². The number of aliphatic hydroxyl groups excluding tert-OH is 1. The smallest absolute Gasteiger partial charge is 0.255 e. The van der Waals surface area contributed by atoms with Crippen LogP contribution in [0.4, 0.5) is 0 Å². The van der Waals surface area contributed by atoms with Crippen LogP contribution in [-0.4, -0.2) is 48.2 Å². The SMILES string of the molecule is O=C(NC1CS(=O)(=O)CC1O)c1ccccc1O. The summed E-state index contributed by atoms with van der Waals surface area (Å²) in [5.41, 5.74) is 0.0500. The molecule has 3 N–H and O–H groups in total. The summed E-state index contributed by atoms with van der Waals surface area (Å²) < 4.78 is 22.6. The number of carbonyl (C=O) groups excluding carboxylic acids is 1. The topological polar surface area (TPSA) is 104 Å². The summed E-state index contributed by atoms with van der Waals surface area (Å²) in [5.74, 6) is -1.42. The average Bonchev–Trinajstić information content (AvgIpc) is 2.52. The summed E-state index contributed by atoms with van der Waals surface area (Å²) >= 11 is 0. The van der Waals surface area contributed by atoms with Crippen molar-refractivity contribution in [3.63, 3.8) is 0 Å². The highest BCUT2D eigenvalue weighted by atomic mass is 32.2. The normalized spacial score (nSPS) is 25.8. The van der Waals surface area contributed by atoms with E-state index in [0.717, 1.165) is 0 Å². The number of nitrogens with one attached hydrogen (secondary N) is 1. The van der Waals surface area contributed by atoms with E-state index >= 15 is 0 Å². The van der Waals surface area contributed by atoms with Crippen LogP contribution >= 0.6 is 0 Å². The van der Waals surface area contributed by atoms with E-state index in [0.29, 0.717) is 0 Å². The Morgan fingerprint density at radius 1 is 1.28 bits per heavy atom. The molecule has 1 saturated heterocycles. The van der Waals surface area contributed by atoms with Gasteiger partial charge in [0.15, 0.2) is 9.84 Å². The lowest BCUT2D eigenvalue weighted by atomic mass is 10.1. The Bertz CT molecular complexity index is 569. The van der Waals surface area contributed by atoms with Gasteiger partial charge >= 0.3 is 0 Å². The van der Waals surface area contributed by atoms with Crippen molar-refractivity contribution in [3.8, 4) is 5.75 Å². The number of phenols is 1. The minimum Gasteiger partial charge on any atom is -0.507 e. The van der Waals surface area contributed by atoms with Crippen molar-refractivity contribution in [2.45, 2.75) is 12.1 Å². The van der Waals surface area contributed by atoms with Gasteiger partial charge in [0.2, 0.25) is 0 Å². The molecule has 0 bridgehead atoms. The van der Waals surface area contributed by atoms with E-state index < -0.39 is 27.9 Å². The van der Waals surface area contributed by atoms with Gasteiger partial charge in [0, 0.05) is 0 Å². The quantitative estimate of drug-likeness (QED) is 0.658. The number of para-hydroxylation sites is 1. The lowest BCUT2D eigenvalue weighted by Gasteiger charge is -2.15. The molecule has 1 amide bonds. The van der Waals surface area contributed by atoms with Gasteiger partial charge in [0.05, 0.1) is 29.2 Å². The monoisotopic (exact) mass is 271 g/mol. The fraction of sp³-hybridized carbons (Fsp3) is 0.364. The molecule has 0 aliphatic carbocycles. The van der Waals surface area contributed by atoms with E-state index in [1.165, 1.54) is 12.1 Å². The van der Waals surface area contributed by atoms with Gasteiger partial charge in [0.25, 0.3) is 5.91 Å². The Morgan fingerprint density at radius 3 is 2.50 bits per heavy atom. The molecule has 0 aromatic heterocycles. The Kier molecular flexibility index (Phi) is 3.27. The van der Waals surface area contributed by atoms with E-state index in [1.807, 2.05) is 0 Å². The van der Waals surface area contributed by atoms with Crippen molar-refractivity contribution in [1.82, 2.24) is 5.32 Å². The van der Waals surface area contributed by atoms with Crippen molar-refractivity contribution in [3.05, 3.63) is 29.8 Å². The van der Waals surface area contributed by atoms with Crippen molar-refractivity contribution in [2.24, 2.45) is 0 Å². The van der Waals surface area contributed by atoms with Crippen molar-refractivity contribution >= 4 is 15.7 Å². The summed E-state index contributed by atoms with van der Waals surface area (Å²) in [5, 5.41) is 21.4. The molecule has 1 fully saturated rings. The number of hydrogen-bond donors (Lipinski definition) is 3. The zero-order chi connectivity index (χ0) is 13.3. The molecule has 1 aromatic rings. The van der Waals surface area contributed by atoms with Crippen LogP contribution in [0.5, 0.6) is 5.75 Å². The second kappa shape index (κ2) is 4.58. The van der Waals surface area contributed by atoms with Crippen molar-refractivity contribution in [2.75, 3.05) is 11.5 Å². The maximum atomic E-state index is 11.8. The van der Waals surface area contributed by atoms with E-state index in [-0.39, 0.29) is 22.8 Å². The number of hydrogen-bond acceptors (Lipinski definition) is 5. The molecule has 98 valence electrons. The highest BCUT2D eigenvalue weighted by molar-refractivity contribution is 7.91. The minimum absolute atomic E-state index is 0.0500. The Hall–Kier alpha value is -1.60. The third-order valence-corrected chi connectivity index (χ3v) is 4.50. The lowest BCUT2D eigenvalue weighted by molar-refractivity contribution is 0.0886. The minimum atomic E-state index is -3.31. The maximum Gasteiger partial charge on any atom is 0.255 e. The van der Waals surface area contributed by atoms with Crippen LogP contribution in [-0.2, 0) is 9.84 Å². The van der Waals surface area contributed by atoms with Gasteiger partial charge in [-0.25, -0.2) is 8.42 Å². The number of aromatic hydroxyl groups is 1. The number of carbonyl (C=O) groups is 1. The first kappa shape index (κ1) is 12.8. The summed E-state index contributed by atoms with van der Waals surface area (Å²) in [6, 6.07) is 5.09. The standard InChI is InChI=1S/C11H13NO5S/c13-9-4-2-1-3-7(9)11(15)12-8-5-18(16,17)6-10(8)14/h1-4,8,10,13-14H,5-6H2,(H,12,15). The molecule has 0 saturated carbocycles. The highest BCUT2D eigenvalue weighted by Crippen LogP contribution is 2.17. The fourth-order valence-corrected chi connectivity index (χ4v) is 3.62. The molecule has 7 heteroatoms. The van der Waals surface area contributed by atoms with Crippen molar-refractivity contribution in [1.29, 1.82) is 0 Å². The van der Waals surface area contributed by atoms with Gasteiger partial charge < -0.3 is 15.5 Å². The molecule has 1 aromatic carbocycles. The van der Waals surface area contributed by atoms with E-state index in [9.17, 15) is 23.4 Å². The molecule has 0 spiro atoms. The Morgan fingerprint density at radius 2 is 1.94 bits per heavy atom. The van der Waals surface area contributed by atoms with Crippen LogP contribution in [0.1, 0.15) is 10.4 Å².